The minimum atomic E-state index is -0.580. The highest BCUT2D eigenvalue weighted by molar-refractivity contribution is 5.62. The lowest BCUT2D eigenvalue weighted by Crippen LogP contribution is -2.64. The fraction of sp³-hybridized carbons (Fsp3) is 0.556. The highest BCUT2D eigenvalue weighted by Crippen LogP contribution is 2.62. The summed E-state index contributed by atoms with van der Waals surface area (Å²) in [5, 5.41) is 10.6. The molecule has 1 N–H and O–H groups in total. The molecule has 1 fully saturated rings. The summed E-state index contributed by atoms with van der Waals surface area (Å²) in [6.07, 6.45) is 5.32. The lowest BCUT2D eigenvalue weighted by Gasteiger charge is -2.56. The second-order valence-electron chi connectivity index (χ2n) is 7.16. The van der Waals surface area contributed by atoms with E-state index in [-0.39, 0.29) is 11.5 Å². The molecule has 1 aromatic carbocycles. The molecule has 1 aromatic rings. The van der Waals surface area contributed by atoms with Crippen LogP contribution in [0.4, 0.5) is 0 Å². The minimum absolute atomic E-state index is 0.138. The summed E-state index contributed by atoms with van der Waals surface area (Å²) in [6.45, 7) is 1.02. The smallest absolute Gasteiger partial charge is 0.207 e. The van der Waals surface area contributed by atoms with Gasteiger partial charge in [-0.25, -0.2) is 0 Å². The van der Waals surface area contributed by atoms with Crippen LogP contribution in [0.5, 0.6) is 11.5 Å². The van der Waals surface area contributed by atoms with Crippen LogP contribution >= 0.6 is 0 Å². The molecule has 2 bridgehead atoms. The summed E-state index contributed by atoms with van der Waals surface area (Å²) >= 11 is 0. The van der Waals surface area contributed by atoms with Crippen LogP contribution in [0.25, 0.3) is 0 Å². The molecule has 0 saturated carbocycles. The molecule has 5 atom stereocenters. The average Bonchev–Trinajstić information content (AvgIpc) is 2.90. The zero-order valence-corrected chi connectivity index (χ0v) is 13.4. The van der Waals surface area contributed by atoms with Crippen LogP contribution in [0.2, 0.25) is 0 Å². The number of aliphatic hydroxyl groups excluding tert-OH is 1. The predicted molar refractivity (Wildman–Crippen MR) is 83.5 cm³/mol. The first-order chi connectivity index (χ1) is 11.2. The van der Waals surface area contributed by atoms with Gasteiger partial charge in [0, 0.05) is 22.9 Å². The van der Waals surface area contributed by atoms with Crippen molar-refractivity contribution in [1.82, 2.24) is 4.90 Å². The molecule has 5 heteroatoms. The molecule has 0 aromatic heterocycles. The SMILES string of the molecule is COOc1ccc2c3c1O[C@H]1[C@@H](O)C=C[C@H]4[C@@H](C2)N(C)CC[C@@]341. The Balaban J connectivity index is 1.78. The molecular formula is C18H21NO4. The van der Waals surface area contributed by atoms with Crippen LogP contribution in [0.3, 0.4) is 0 Å². The van der Waals surface area contributed by atoms with E-state index in [4.69, 9.17) is 14.5 Å². The molecule has 0 amide bonds. The molecule has 5 nitrogen and oxygen atoms in total. The van der Waals surface area contributed by atoms with Gasteiger partial charge in [0.05, 0.1) is 7.11 Å². The molecule has 2 aliphatic heterocycles. The zero-order valence-electron chi connectivity index (χ0n) is 13.4. The third-order valence-corrected chi connectivity index (χ3v) is 6.31. The number of nitrogens with zero attached hydrogens (tertiary/aromatic N) is 1. The quantitative estimate of drug-likeness (QED) is 0.508. The summed E-state index contributed by atoms with van der Waals surface area (Å²) in [7, 11) is 3.70. The minimum Gasteiger partial charge on any atom is -0.482 e. The van der Waals surface area contributed by atoms with E-state index >= 15 is 0 Å². The Morgan fingerprint density at radius 1 is 1.35 bits per heavy atom. The normalized spacial score (nSPS) is 39.8. The topological polar surface area (TPSA) is 51.2 Å². The van der Waals surface area contributed by atoms with E-state index in [0.717, 1.165) is 25.1 Å². The van der Waals surface area contributed by atoms with Crippen molar-refractivity contribution in [2.45, 2.75) is 36.5 Å². The average molecular weight is 315 g/mol. The van der Waals surface area contributed by atoms with Crippen molar-refractivity contribution in [3.63, 3.8) is 0 Å². The van der Waals surface area contributed by atoms with E-state index in [2.05, 4.69) is 24.1 Å². The van der Waals surface area contributed by atoms with Gasteiger partial charge in [0.2, 0.25) is 5.75 Å². The second-order valence-corrected chi connectivity index (χ2v) is 7.16. The van der Waals surface area contributed by atoms with E-state index < -0.39 is 6.10 Å². The maximum absolute atomic E-state index is 10.6. The standard InChI is InChI=1S/C18H21NO4/c1-19-8-7-18-11-4-5-13(20)17(18)22-16-14(23-21-2)6-3-10(15(16)18)9-12(11)19/h3-6,11-13,17,20H,7-9H2,1-2H3/t11-,12+,13-,17-,18-/m0/s1. The molecule has 4 aliphatic rings. The van der Waals surface area contributed by atoms with Gasteiger partial charge in [-0.1, -0.05) is 18.2 Å². The number of aliphatic hydroxyl groups is 1. The largest absolute Gasteiger partial charge is 0.482 e. The number of rotatable bonds is 2. The molecule has 0 unspecified atom stereocenters. The Labute approximate surface area is 135 Å². The Bertz CT molecular complexity index is 703. The number of ether oxygens (including phenoxy) is 1. The summed E-state index contributed by atoms with van der Waals surface area (Å²) in [5.74, 6) is 1.75. The lowest BCUT2D eigenvalue weighted by molar-refractivity contribution is -0.179. The third-order valence-electron chi connectivity index (χ3n) is 6.31. The van der Waals surface area contributed by atoms with Crippen molar-refractivity contribution in [1.29, 1.82) is 0 Å². The van der Waals surface area contributed by atoms with Gasteiger partial charge >= 0.3 is 0 Å². The van der Waals surface area contributed by atoms with Gasteiger partial charge in [-0.15, -0.1) is 0 Å². The van der Waals surface area contributed by atoms with Crippen molar-refractivity contribution in [2.24, 2.45) is 5.92 Å². The number of hydrogen-bond donors (Lipinski definition) is 1. The molecule has 122 valence electrons. The van der Waals surface area contributed by atoms with E-state index in [0.29, 0.717) is 17.7 Å². The van der Waals surface area contributed by atoms with Gasteiger partial charge in [0.25, 0.3) is 0 Å². The maximum atomic E-state index is 10.6. The van der Waals surface area contributed by atoms with Crippen LogP contribution in [-0.2, 0) is 16.7 Å². The van der Waals surface area contributed by atoms with Crippen LogP contribution in [0.15, 0.2) is 24.3 Å². The molecule has 5 rings (SSSR count). The van der Waals surface area contributed by atoms with Gasteiger partial charge in [0.1, 0.15) is 12.2 Å². The fourth-order valence-corrected chi connectivity index (χ4v) is 5.38. The first-order valence-corrected chi connectivity index (χ1v) is 8.27. The van der Waals surface area contributed by atoms with Crippen molar-refractivity contribution >= 4 is 0 Å². The van der Waals surface area contributed by atoms with Gasteiger partial charge in [0.15, 0.2) is 5.75 Å². The van der Waals surface area contributed by atoms with Crippen molar-refractivity contribution in [3.8, 4) is 11.5 Å². The van der Waals surface area contributed by atoms with E-state index in [1.807, 2.05) is 12.1 Å². The highest BCUT2D eigenvalue weighted by atomic mass is 17.2. The van der Waals surface area contributed by atoms with E-state index in [1.165, 1.54) is 18.2 Å². The number of hydrogen-bond acceptors (Lipinski definition) is 5. The monoisotopic (exact) mass is 315 g/mol. The highest BCUT2D eigenvalue weighted by Gasteiger charge is 2.64. The van der Waals surface area contributed by atoms with E-state index in [9.17, 15) is 5.11 Å². The zero-order chi connectivity index (χ0) is 15.8. The number of likely N-dealkylation sites (tertiary alicyclic amines) is 1. The first kappa shape index (κ1) is 13.8. The van der Waals surface area contributed by atoms with Crippen LogP contribution < -0.4 is 9.62 Å². The third kappa shape index (κ3) is 1.53. The number of likely N-dealkylation sites (N-methyl/N-ethyl adjacent to an activating group) is 1. The summed E-state index contributed by atoms with van der Waals surface area (Å²) in [5.41, 5.74) is 2.43. The van der Waals surface area contributed by atoms with Crippen molar-refractivity contribution in [3.05, 3.63) is 35.4 Å². The predicted octanol–water partition coefficient (Wildman–Crippen LogP) is 1.43. The van der Waals surface area contributed by atoms with Gasteiger partial charge in [-0.05, 0) is 38.1 Å². The fourth-order valence-electron chi connectivity index (χ4n) is 5.38. The number of benzene rings is 1. The molecule has 2 aliphatic carbocycles. The van der Waals surface area contributed by atoms with E-state index in [1.54, 1.807) is 0 Å². The van der Waals surface area contributed by atoms with Crippen LogP contribution in [0.1, 0.15) is 17.5 Å². The van der Waals surface area contributed by atoms with Gasteiger partial charge in [-0.3, -0.25) is 0 Å². The Morgan fingerprint density at radius 3 is 3.04 bits per heavy atom. The summed E-state index contributed by atoms with van der Waals surface area (Å²) in [4.78, 5) is 12.6. The van der Waals surface area contributed by atoms with Crippen LogP contribution in [-0.4, -0.2) is 49.0 Å². The molecule has 1 spiro atoms. The molecule has 2 heterocycles. The summed E-state index contributed by atoms with van der Waals surface area (Å²) in [6, 6.07) is 4.51. The molecule has 1 saturated heterocycles. The summed E-state index contributed by atoms with van der Waals surface area (Å²) < 4.78 is 6.29. The first-order valence-electron chi connectivity index (χ1n) is 8.27. The van der Waals surface area contributed by atoms with Crippen molar-refractivity contribution in [2.75, 3.05) is 20.7 Å². The lowest BCUT2D eigenvalue weighted by atomic mass is 9.53. The van der Waals surface area contributed by atoms with Gasteiger partial charge in [-0.2, -0.15) is 4.89 Å². The van der Waals surface area contributed by atoms with Crippen LogP contribution in [0, 0.1) is 5.92 Å². The molecular weight excluding hydrogens is 294 g/mol. The second kappa shape index (κ2) is 4.50. The Morgan fingerprint density at radius 2 is 2.22 bits per heavy atom. The molecule has 23 heavy (non-hydrogen) atoms. The molecule has 0 radical (unpaired) electrons. The number of piperidine rings is 1. The maximum Gasteiger partial charge on any atom is 0.207 e. The van der Waals surface area contributed by atoms with Crippen molar-refractivity contribution < 1.29 is 19.6 Å². The van der Waals surface area contributed by atoms with Gasteiger partial charge < -0.3 is 19.6 Å². The Hall–Kier alpha value is -1.56. The Kier molecular flexibility index (Phi) is 2.71.